The van der Waals surface area contributed by atoms with Crippen molar-refractivity contribution in [2.45, 2.75) is 33.2 Å². The molecule has 1 heterocycles. The predicted octanol–water partition coefficient (Wildman–Crippen LogP) is 4.56. The fourth-order valence-corrected chi connectivity index (χ4v) is 3.68. The van der Waals surface area contributed by atoms with Gasteiger partial charge in [0.2, 0.25) is 4.77 Å². The number of aryl methyl sites for hydroxylation is 1. The molecule has 2 N–H and O–H groups in total. The third-order valence-electron chi connectivity index (χ3n) is 3.01. The van der Waals surface area contributed by atoms with E-state index in [0.29, 0.717) is 17.9 Å². The lowest BCUT2D eigenvalue weighted by Gasteiger charge is -2.13. The number of rotatable bonds is 7. The maximum atomic E-state index is 5.73. The number of hydrogen-bond donors (Lipinski definition) is 2. The van der Waals surface area contributed by atoms with Crippen molar-refractivity contribution < 1.29 is 4.74 Å². The summed E-state index contributed by atoms with van der Waals surface area (Å²) in [7, 11) is 0. The highest BCUT2D eigenvalue weighted by Crippen LogP contribution is 2.34. The van der Waals surface area contributed by atoms with Crippen LogP contribution in [0.2, 0.25) is 0 Å². The monoisotopic (exact) mass is 448 g/mol. The van der Waals surface area contributed by atoms with Gasteiger partial charge in [-0.1, -0.05) is 13.8 Å². The molecule has 8 heteroatoms. The summed E-state index contributed by atoms with van der Waals surface area (Å²) >= 11 is 12.3. The molecule has 0 saturated carbocycles. The Morgan fingerprint density at radius 3 is 2.59 bits per heavy atom. The summed E-state index contributed by atoms with van der Waals surface area (Å²) in [5.74, 6) is 1.71. The molecule has 0 amide bonds. The normalized spacial score (nSPS) is 10.7. The van der Waals surface area contributed by atoms with Crippen LogP contribution >= 0.6 is 44.1 Å². The van der Waals surface area contributed by atoms with Gasteiger partial charge < -0.3 is 10.2 Å². The Hall–Kier alpha value is -0.860. The molecule has 0 bridgehead atoms. The van der Waals surface area contributed by atoms with Crippen molar-refractivity contribution in [3.8, 4) is 5.75 Å². The summed E-state index contributed by atoms with van der Waals surface area (Å²) in [6.07, 6.45) is 1.78. The van der Waals surface area contributed by atoms with Crippen molar-refractivity contribution >= 4 is 44.1 Å². The number of benzene rings is 1. The Morgan fingerprint density at radius 2 is 2.00 bits per heavy atom. The van der Waals surface area contributed by atoms with Gasteiger partial charge in [-0.15, -0.1) is 0 Å². The fourth-order valence-electron chi connectivity index (χ4n) is 1.96. The second kappa shape index (κ2) is 8.12. The summed E-state index contributed by atoms with van der Waals surface area (Å²) in [5, 5.41) is 6.97. The number of aromatic amines is 1. The summed E-state index contributed by atoms with van der Waals surface area (Å²) in [5.41, 5.74) is 4.39. The van der Waals surface area contributed by atoms with Gasteiger partial charge in [-0.05, 0) is 68.2 Å². The van der Waals surface area contributed by atoms with Crippen LogP contribution in [0.3, 0.4) is 0 Å². The molecule has 0 fully saturated rings. The second-order valence-electron chi connectivity index (χ2n) is 4.71. The van der Waals surface area contributed by atoms with Crippen LogP contribution in [-0.2, 0) is 13.0 Å². The molecule has 1 aromatic heterocycles. The average Bonchev–Trinajstić information content (AvgIpc) is 2.84. The topological polar surface area (TPSA) is 54.9 Å². The molecule has 0 spiro atoms. The highest BCUT2D eigenvalue weighted by atomic mass is 79.9. The maximum Gasteiger partial charge on any atom is 0.214 e. The quantitative estimate of drug-likeness (QED) is 0.608. The van der Waals surface area contributed by atoms with Crippen LogP contribution in [0.5, 0.6) is 5.75 Å². The van der Waals surface area contributed by atoms with Gasteiger partial charge >= 0.3 is 0 Å². The number of H-pyrrole nitrogens is 1. The van der Waals surface area contributed by atoms with E-state index < -0.39 is 0 Å². The Bertz CT molecular complexity index is 675. The van der Waals surface area contributed by atoms with Gasteiger partial charge in [0.15, 0.2) is 5.82 Å². The van der Waals surface area contributed by atoms with Crippen LogP contribution < -0.4 is 10.2 Å². The molecule has 0 radical (unpaired) electrons. The molecule has 0 aliphatic carbocycles. The van der Waals surface area contributed by atoms with E-state index in [1.807, 2.05) is 19.1 Å². The zero-order valence-electron chi connectivity index (χ0n) is 12.4. The summed E-state index contributed by atoms with van der Waals surface area (Å²) in [4.78, 5) is 0. The van der Waals surface area contributed by atoms with Crippen molar-refractivity contribution in [1.82, 2.24) is 14.9 Å². The molecule has 0 saturated heterocycles. The third-order valence-corrected chi connectivity index (χ3v) is 4.46. The minimum Gasteiger partial charge on any atom is -0.491 e. The lowest BCUT2D eigenvalue weighted by Crippen LogP contribution is -2.17. The zero-order chi connectivity index (χ0) is 16.1. The lowest BCUT2D eigenvalue weighted by atomic mass is 10.2. The van der Waals surface area contributed by atoms with Gasteiger partial charge in [-0.25, -0.2) is 4.68 Å². The smallest absolute Gasteiger partial charge is 0.214 e. The van der Waals surface area contributed by atoms with E-state index in [9.17, 15) is 0 Å². The van der Waals surface area contributed by atoms with Crippen molar-refractivity contribution in [2.24, 2.45) is 0 Å². The summed E-state index contributed by atoms with van der Waals surface area (Å²) in [6, 6.07) is 4.08. The molecule has 5 nitrogen and oxygen atoms in total. The van der Waals surface area contributed by atoms with Crippen LogP contribution in [0.25, 0.3) is 0 Å². The number of halogens is 2. The minimum atomic E-state index is 0.567. The number of hydrogen-bond acceptors (Lipinski definition) is 4. The number of aromatic nitrogens is 3. The lowest BCUT2D eigenvalue weighted by molar-refractivity contribution is 0.313. The Kier molecular flexibility index (Phi) is 6.46. The highest BCUT2D eigenvalue weighted by molar-refractivity contribution is 9.11. The SMILES string of the molecule is CCCOc1c(Br)cc(CNn2c(CC)n[nH]c2=S)cc1Br. The largest absolute Gasteiger partial charge is 0.491 e. The fraction of sp³-hybridized carbons (Fsp3) is 0.429. The number of nitrogens with one attached hydrogen (secondary N) is 2. The van der Waals surface area contributed by atoms with E-state index in [4.69, 9.17) is 17.0 Å². The Labute approximate surface area is 151 Å². The molecular weight excluding hydrogens is 432 g/mol. The number of nitrogens with zero attached hydrogens (tertiary/aromatic N) is 2. The molecule has 1 aromatic carbocycles. The van der Waals surface area contributed by atoms with E-state index in [2.05, 4.69) is 54.4 Å². The predicted molar refractivity (Wildman–Crippen MR) is 97.5 cm³/mol. The molecule has 0 unspecified atom stereocenters. The van der Waals surface area contributed by atoms with E-state index in [1.165, 1.54) is 0 Å². The number of ether oxygens (including phenoxy) is 1. The van der Waals surface area contributed by atoms with Gasteiger partial charge in [0, 0.05) is 6.42 Å². The van der Waals surface area contributed by atoms with Crippen LogP contribution in [0.15, 0.2) is 21.1 Å². The van der Waals surface area contributed by atoms with Gasteiger partial charge in [0.1, 0.15) is 5.75 Å². The highest BCUT2D eigenvalue weighted by Gasteiger charge is 2.10. The molecule has 0 atom stereocenters. The Balaban J connectivity index is 2.14. The molecule has 0 aliphatic heterocycles. The van der Waals surface area contributed by atoms with Gasteiger partial charge in [0.05, 0.1) is 22.1 Å². The molecule has 0 aliphatic rings. The summed E-state index contributed by atoms with van der Waals surface area (Å²) in [6.45, 7) is 5.45. The van der Waals surface area contributed by atoms with Crippen LogP contribution in [0.4, 0.5) is 0 Å². The molecule has 2 rings (SSSR count). The molecule has 2 aromatic rings. The van der Waals surface area contributed by atoms with E-state index >= 15 is 0 Å². The average molecular weight is 450 g/mol. The van der Waals surface area contributed by atoms with Crippen LogP contribution in [-0.4, -0.2) is 21.5 Å². The molecule has 120 valence electrons. The van der Waals surface area contributed by atoms with Crippen molar-refractivity contribution in [2.75, 3.05) is 12.0 Å². The van der Waals surface area contributed by atoms with E-state index in [-0.39, 0.29) is 0 Å². The van der Waals surface area contributed by atoms with Crippen LogP contribution in [0, 0.1) is 4.77 Å². The summed E-state index contributed by atoms with van der Waals surface area (Å²) < 4.78 is 9.96. The third kappa shape index (κ3) is 4.11. The maximum absolute atomic E-state index is 5.73. The standard InChI is InChI=1S/C14H18Br2N4OS/c1-3-5-21-13-10(15)6-9(7-11(13)16)8-17-20-12(4-2)18-19-14(20)22/h6-7,17H,3-5,8H2,1-2H3,(H,19,22). The first-order chi connectivity index (χ1) is 10.6. The van der Waals surface area contributed by atoms with Crippen LogP contribution in [0.1, 0.15) is 31.7 Å². The molecular formula is C14H18Br2N4OS. The molecule has 22 heavy (non-hydrogen) atoms. The van der Waals surface area contributed by atoms with Crippen molar-refractivity contribution in [1.29, 1.82) is 0 Å². The Morgan fingerprint density at radius 1 is 1.32 bits per heavy atom. The van der Waals surface area contributed by atoms with E-state index in [0.717, 1.165) is 38.9 Å². The van der Waals surface area contributed by atoms with Gasteiger partial charge in [-0.3, -0.25) is 5.10 Å². The first-order valence-corrected chi connectivity index (χ1v) is 9.07. The first-order valence-electron chi connectivity index (χ1n) is 7.07. The van der Waals surface area contributed by atoms with Gasteiger partial charge in [-0.2, -0.15) is 5.10 Å². The van der Waals surface area contributed by atoms with Crippen molar-refractivity contribution in [3.05, 3.63) is 37.2 Å². The zero-order valence-corrected chi connectivity index (χ0v) is 16.4. The van der Waals surface area contributed by atoms with Crippen molar-refractivity contribution in [3.63, 3.8) is 0 Å². The second-order valence-corrected chi connectivity index (χ2v) is 6.80. The minimum absolute atomic E-state index is 0.567. The van der Waals surface area contributed by atoms with E-state index in [1.54, 1.807) is 4.68 Å². The first kappa shape index (κ1) is 17.5. The van der Waals surface area contributed by atoms with Gasteiger partial charge in [0.25, 0.3) is 0 Å².